The number of rotatable bonds is 10. The van der Waals surface area contributed by atoms with Gasteiger partial charge in [0.05, 0.1) is 12.2 Å². The highest BCUT2D eigenvalue weighted by molar-refractivity contribution is 7.86. The van der Waals surface area contributed by atoms with Gasteiger partial charge in [0, 0.05) is 18.7 Å². The Balaban J connectivity index is 2.38. The van der Waals surface area contributed by atoms with Crippen molar-refractivity contribution < 1.29 is 22.1 Å². The normalized spacial score (nSPS) is 13.5. The lowest BCUT2D eigenvalue weighted by Gasteiger charge is -2.27. The van der Waals surface area contributed by atoms with Crippen molar-refractivity contribution >= 4 is 16.0 Å². The van der Waals surface area contributed by atoms with E-state index in [1.54, 1.807) is 17.9 Å². The summed E-state index contributed by atoms with van der Waals surface area (Å²) in [4.78, 5) is 15.1. The number of hydrogen-bond acceptors (Lipinski definition) is 5. The number of benzene rings is 2. The predicted octanol–water partition coefficient (Wildman–Crippen LogP) is 3.43. The second kappa shape index (κ2) is 10.4. The molecule has 0 aliphatic carbocycles. The molecule has 0 aliphatic rings. The van der Waals surface area contributed by atoms with Crippen LogP contribution < -0.4 is 4.74 Å². The number of likely N-dealkylation sites (N-methyl/N-ethyl adjacent to an activating group) is 1. The van der Waals surface area contributed by atoms with Crippen molar-refractivity contribution in [3.8, 4) is 5.75 Å². The highest BCUT2D eigenvalue weighted by atomic mass is 32.2. The molecular formula is C22H29NO5S. The van der Waals surface area contributed by atoms with Gasteiger partial charge in [-0.25, -0.2) is 0 Å². The summed E-state index contributed by atoms with van der Waals surface area (Å²) in [5.74, 6) is 0.0157. The van der Waals surface area contributed by atoms with Crippen molar-refractivity contribution in [1.29, 1.82) is 0 Å². The van der Waals surface area contributed by atoms with Crippen LogP contribution in [0.2, 0.25) is 0 Å². The number of ether oxygens (including phenoxy) is 1. The molecule has 1 amide bonds. The van der Waals surface area contributed by atoms with Crippen molar-refractivity contribution in [2.45, 2.75) is 32.8 Å². The van der Waals surface area contributed by atoms with Crippen molar-refractivity contribution in [2.75, 3.05) is 26.0 Å². The van der Waals surface area contributed by atoms with Crippen molar-refractivity contribution in [3.63, 3.8) is 0 Å². The second-order valence-electron chi connectivity index (χ2n) is 6.81. The van der Waals surface area contributed by atoms with E-state index in [2.05, 4.69) is 0 Å². The Morgan fingerprint density at radius 3 is 2.17 bits per heavy atom. The molecule has 2 aromatic rings. The van der Waals surface area contributed by atoms with E-state index in [1.165, 1.54) is 0 Å². The van der Waals surface area contributed by atoms with E-state index in [1.807, 2.05) is 62.4 Å². The van der Waals surface area contributed by atoms with Gasteiger partial charge in [-0.2, -0.15) is 8.42 Å². The van der Waals surface area contributed by atoms with Gasteiger partial charge in [0.2, 0.25) is 5.91 Å². The Morgan fingerprint density at radius 2 is 1.59 bits per heavy atom. The van der Waals surface area contributed by atoms with Crippen LogP contribution in [0.15, 0.2) is 54.6 Å². The molecule has 0 aromatic heterocycles. The van der Waals surface area contributed by atoms with Crippen LogP contribution in [0.4, 0.5) is 0 Å². The summed E-state index contributed by atoms with van der Waals surface area (Å²) in [5, 5.41) is 0. The Kier molecular flexibility index (Phi) is 8.22. The van der Waals surface area contributed by atoms with Gasteiger partial charge < -0.3 is 9.64 Å². The Morgan fingerprint density at radius 1 is 1.00 bits per heavy atom. The van der Waals surface area contributed by atoms with Gasteiger partial charge in [-0.3, -0.25) is 8.98 Å². The van der Waals surface area contributed by atoms with Crippen molar-refractivity contribution in [3.05, 3.63) is 65.7 Å². The molecule has 6 nitrogen and oxygen atoms in total. The second-order valence-corrected chi connectivity index (χ2v) is 8.41. The van der Waals surface area contributed by atoms with Gasteiger partial charge in [-0.15, -0.1) is 0 Å². The van der Waals surface area contributed by atoms with E-state index in [9.17, 15) is 13.2 Å². The van der Waals surface area contributed by atoms with E-state index in [4.69, 9.17) is 8.92 Å². The maximum Gasteiger partial charge on any atom is 0.264 e. The van der Waals surface area contributed by atoms with Crippen LogP contribution >= 0.6 is 0 Å². The molecule has 0 saturated heterocycles. The average Bonchev–Trinajstić information content (AvgIpc) is 2.68. The number of hydrogen-bond donors (Lipinski definition) is 0. The van der Waals surface area contributed by atoms with Gasteiger partial charge in [-0.1, -0.05) is 48.5 Å². The molecule has 0 fully saturated rings. The number of nitrogens with zero attached hydrogens (tertiary/aromatic N) is 1. The number of carbonyl (C=O) groups excluding carboxylic acids is 1. The van der Waals surface area contributed by atoms with E-state index < -0.39 is 22.1 Å². The van der Waals surface area contributed by atoms with Crippen molar-refractivity contribution in [1.82, 2.24) is 4.90 Å². The monoisotopic (exact) mass is 419 g/mol. The topological polar surface area (TPSA) is 72.9 Å². The zero-order valence-corrected chi connectivity index (χ0v) is 18.2. The molecule has 7 heteroatoms. The Bertz CT molecular complexity index is 894. The Hall–Kier alpha value is -2.38. The highest BCUT2D eigenvalue weighted by Gasteiger charge is 2.29. The molecule has 29 heavy (non-hydrogen) atoms. The first-order valence-corrected chi connectivity index (χ1v) is 11.5. The molecule has 0 radical (unpaired) electrons. The first-order valence-electron chi connectivity index (χ1n) is 9.70. The number of carbonyl (C=O) groups is 1. The van der Waals surface area contributed by atoms with E-state index in [0.29, 0.717) is 18.8 Å². The maximum atomic E-state index is 13.4. The van der Waals surface area contributed by atoms with Crippen LogP contribution in [0.1, 0.15) is 37.8 Å². The van der Waals surface area contributed by atoms with E-state index in [-0.39, 0.29) is 12.5 Å². The minimum absolute atomic E-state index is 0.00214. The lowest BCUT2D eigenvalue weighted by molar-refractivity contribution is -0.131. The van der Waals surface area contributed by atoms with E-state index in [0.717, 1.165) is 17.4 Å². The minimum Gasteiger partial charge on any atom is -0.491 e. The van der Waals surface area contributed by atoms with Gasteiger partial charge >= 0.3 is 0 Å². The lowest BCUT2D eigenvalue weighted by Crippen LogP contribution is -2.35. The first kappa shape index (κ1) is 22.9. The summed E-state index contributed by atoms with van der Waals surface area (Å²) in [6, 6.07) is 16.9. The zero-order valence-electron chi connectivity index (χ0n) is 17.4. The van der Waals surface area contributed by atoms with Crippen LogP contribution in [0.25, 0.3) is 0 Å². The summed E-state index contributed by atoms with van der Waals surface area (Å²) in [6.45, 7) is 6.80. The van der Waals surface area contributed by atoms with Crippen LogP contribution in [-0.4, -0.2) is 51.3 Å². The predicted molar refractivity (Wildman–Crippen MR) is 114 cm³/mol. The SMILES string of the molecule is CCN(CC)C(=O)C(c1ccccc1)c1ccccc1OCC(C)OS(C)(=O)=O. The fraction of sp³-hybridized carbons (Fsp3) is 0.409. The quantitative estimate of drug-likeness (QED) is 0.552. The minimum atomic E-state index is -3.57. The fourth-order valence-corrected chi connectivity index (χ4v) is 3.85. The third-order valence-electron chi connectivity index (χ3n) is 4.50. The smallest absolute Gasteiger partial charge is 0.264 e. The van der Waals surface area contributed by atoms with Crippen LogP contribution in [0, 0.1) is 0 Å². The molecule has 2 atom stereocenters. The standard InChI is InChI=1S/C22H29NO5S/c1-5-23(6-2)22(24)21(18-12-8-7-9-13-18)19-14-10-11-15-20(19)27-16-17(3)28-29(4,25)26/h7-15,17,21H,5-6,16H2,1-4H3. The maximum absolute atomic E-state index is 13.4. The lowest BCUT2D eigenvalue weighted by atomic mass is 9.89. The van der Waals surface area contributed by atoms with Crippen LogP contribution in [0.5, 0.6) is 5.75 Å². The molecule has 2 rings (SSSR count). The summed E-state index contributed by atoms with van der Waals surface area (Å²) in [7, 11) is -3.57. The molecule has 0 saturated carbocycles. The molecule has 2 aromatic carbocycles. The molecule has 0 aliphatic heterocycles. The average molecular weight is 420 g/mol. The van der Waals surface area contributed by atoms with Gasteiger partial charge in [0.1, 0.15) is 18.5 Å². The van der Waals surface area contributed by atoms with E-state index >= 15 is 0 Å². The molecule has 0 heterocycles. The summed E-state index contributed by atoms with van der Waals surface area (Å²) >= 11 is 0. The number of amides is 1. The zero-order chi connectivity index (χ0) is 21.4. The molecule has 158 valence electrons. The van der Waals surface area contributed by atoms with Crippen LogP contribution in [0.3, 0.4) is 0 Å². The summed E-state index contributed by atoms with van der Waals surface area (Å²) in [6.07, 6.45) is 0.359. The molecular weight excluding hydrogens is 390 g/mol. The molecule has 0 N–H and O–H groups in total. The summed E-state index contributed by atoms with van der Waals surface area (Å²) < 4.78 is 33.5. The van der Waals surface area contributed by atoms with Gasteiger partial charge in [0.15, 0.2) is 0 Å². The fourth-order valence-electron chi connectivity index (χ4n) is 3.20. The van der Waals surface area contributed by atoms with Gasteiger partial charge in [0.25, 0.3) is 10.1 Å². The Labute approximate surface area is 173 Å². The largest absolute Gasteiger partial charge is 0.491 e. The first-order chi connectivity index (χ1) is 13.8. The molecule has 2 unspecified atom stereocenters. The highest BCUT2D eigenvalue weighted by Crippen LogP contribution is 2.33. The number of para-hydroxylation sites is 1. The summed E-state index contributed by atoms with van der Waals surface area (Å²) in [5.41, 5.74) is 1.61. The van der Waals surface area contributed by atoms with Crippen LogP contribution in [-0.2, 0) is 19.1 Å². The third kappa shape index (κ3) is 6.58. The molecule has 0 bridgehead atoms. The third-order valence-corrected chi connectivity index (χ3v) is 5.18. The molecule has 0 spiro atoms. The van der Waals surface area contributed by atoms with Crippen molar-refractivity contribution in [2.24, 2.45) is 0 Å². The van der Waals surface area contributed by atoms with Gasteiger partial charge in [-0.05, 0) is 32.4 Å².